The van der Waals surface area contributed by atoms with Gasteiger partial charge in [-0.05, 0) is 30.9 Å². The third-order valence-corrected chi connectivity index (χ3v) is 3.79. The number of methoxy groups -OCH3 is 1. The fourth-order valence-electron chi connectivity index (χ4n) is 2.32. The Morgan fingerprint density at radius 2 is 2.40 bits per heavy atom. The molecule has 20 heavy (non-hydrogen) atoms. The highest BCUT2D eigenvalue weighted by atomic mass is 35.5. The lowest BCUT2D eigenvalue weighted by Crippen LogP contribution is -2.43. The van der Waals surface area contributed by atoms with E-state index in [1.165, 1.54) is 0 Å². The van der Waals surface area contributed by atoms with E-state index in [-0.39, 0.29) is 18.6 Å². The van der Waals surface area contributed by atoms with Crippen molar-refractivity contribution in [2.45, 2.75) is 12.8 Å². The second-order valence-corrected chi connectivity index (χ2v) is 5.32. The molecule has 0 radical (unpaired) electrons. The van der Waals surface area contributed by atoms with Gasteiger partial charge in [0.2, 0.25) is 0 Å². The summed E-state index contributed by atoms with van der Waals surface area (Å²) in [7, 11) is 1.56. The van der Waals surface area contributed by atoms with Crippen LogP contribution in [0.3, 0.4) is 0 Å². The number of benzene rings is 1. The summed E-state index contributed by atoms with van der Waals surface area (Å²) in [6.07, 6.45) is 1.87. The molecule has 1 saturated heterocycles. The van der Waals surface area contributed by atoms with Gasteiger partial charge in [-0.2, -0.15) is 0 Å². The Bertz CT molecular complexity index is 481. The number of nitrogens with zero attached hydrogens (tertiary/aromatic N) is 1. The van der Waals surface area contributed by atoms with Crippen LogP contribution in [0.15, 0.2) is 18.2 Å². The SMILES string of the molecule is COc1ccc(NC(=O)N2CCCC(CO)C2)c(Cl)c1. The van der Waals surface area contributed by atoms with E-state index in [1.807, 2.05) is 0 Å². The minimum atomic E-state index is -0.185. The van der Waals surface area contributed by atoms with Crippen molar-refractivity contribution < 1.29 is 14.6 Å². The van der Waals surface area contributed by atoms with Gasteiger partial charge in [-0.3, -0.25) is 0 Å². The van der Waals surface area contributed by atoms with E-state index in [0.717, 1.165) is 12.8 Å². The number of likely N-dealkylation sites (tertiary alicyclic amines) is 1. The largest absolute Gasteiger partial charge is 0.497 e. The molecule has 1 aliphatic rings. The van der Waals surface area contributed by atoms with Gasteiger partial charge in [0.1, 0.15) is 5.75 Å². The van der Waals surface area contributed by atoms with Crippen LogP contribution in [-0.2, 0) is 0 Å². The zero-order valence-electron chi connectivity index (χ0n) is 11.4. The van der Waals surface area contributed by atoms with Gasteiger partial charge >= 0.3 is 6.03 Å². The molecule has 0 aromatic heterocycles. The zero-order valence-corrected chi connectivity index (χ0v) is 12.2. The second kappa shape index (κ2) is 6.81. The van der Waals surface area contributed by atoms with Crippen molar-refractivity contribution in [1.29, 1.82) is 0 Å². The highest BCUT2D eigenvalue weighted by Crippen LogP contribution is 2.27. The minimum absolute atomic E-state index is 0.118. The molecule has 1 heterocycles. The lowest BCUT2D eigenvalue weighted by molar-refractivity contribution is 0.136. The molecule has 110 valence electrons. The number of halogens is 1. The molecular formula is C14H19ClN2O3. The predicted octanol–water partition coefficient (Wildman–Crippen LogP) is 2.58. The van der Waals surface area contributed by atoms with E-state index in [1.54, 1.807) is 30.2 Å². The van der Waals surface area contributed by atoms with E-state index >= 15 is 0 Å². The Morgan fingerprint density at radius 1 is 1.60 bits per heavy atom. The summed E-state index contributed by atoms with van der Waals surface area (Å²) in [5.74, 6) is 0.812. The van der Waals surface area contributed by atoms with Gasteiger partial charge in [0, 0.05) is 25.8 Å². The first-order valence-corrected chi connectivity index (χ1v) is 7.02. The maximum atomic E-state index is 12.2. The standard InChI is InChI=1S/C14H19ClN2O3/c1-20-11-4-5-13(12(15)7-11)16-14(19)17-6-2-3-10(8-17)9-18/h4-5,7,10,18H,2-3,6,8-9H2,1H3,(H,16,19). The van der Waals surface area contributed by atoms with Gasteiger partial charge in [-0.15, -0.1) is 0 Å². The molecule has 0 saturated carbocycles. The lowest BCUT2D eigenvalue weighted by Gasteiger charge is -2.31. The monoisotopic (exact) mass is 298 g/mol. The first kappa shape index (κ1) is 14.9. The average Bonchev–Trinajstić information content (AvgIpc) is 2.49. The number of hydrogen-bond acceptors (Lipinski definition) is 3. The molecule has 1 aromatic rings. The highest BCUT2D eigenvalue weighted by Gasteiger charge is 2.23. The number of hydrogen-bond donors (Lipinski definition) is 2. The van der Waals surface area contributed by atoms with Crippen LogP contribution in [0.5, 0.6) is 5.75 Å². The summed E-state index contributed by atoms with van der Waals surface area (Å²) >= 11 is 6.09. The third-order valence-electron chi connectivity index (χ3n) is 3.48. The molecule has 0 spiro atoms. The maximum absolute atomic E-state index is 12.2. The van der Waals surface area contributed by atoms with Gasteiger partial charge in [0.25, 0.3) is 0 Å². The fourth-order valence-corrected chi connectivity index (χ4v) is 2.53. The van der Waals surface area contributed by atoms with Crippen molar-refractivity contribution in [2.24, 2.45) is 5.92 Å². The summed E-state index contributed by atoms with van der Waals surface area (Å²) in [6.45, 7) is 1.40. The first-order valence-electron chi connectivity index (χ1n) is 6.64. The number of nitrogens with one attached hydrogen (secondary N) is 1. The van der Waals surface area contributed by atoms with Crippen LogP contribution in [0, 0.1) is 5.92 Å². The number of ether oxygens (including phenoxy) is 1. The Balaban J connectivity index is 2.00. The van der Waals surface area contributed by atoms with E-state index in [0.29, 0.717) is 29.5 Å². The predicted molar refractivity (Wildman–Crippen MR) is 78.4 cm³/mol. The van der Waals surface area contributed by atoms with Gasteiger partial charge in [-0.1, -0.05) is 11.6 Å². The maximum Gasteiger partial charge on any atom is 0.321 e. The van der Waals surface area contributed by atoms with Gasteiger partial charge in [-0.25, -0.2) is 4.79 Å². The number of carbonyl (C=O) groups is 1. The molecule has 2 amide bonds. The number of carbonyl (C=O) groups excluding carboxylic acids is 1. The van der Waals surface area contributed by atoms with Gasteiger partial charge in [0.15, 0.2) is 0 Å². The highest BCUT2D eigenvalue weighted by molar-refractivity contribution is 6.33. The molecule has 2 rings (SSSR count). The van der Waals surface area contributed by atoms with E-state index in [9.17, 15) is 9.90 Å². The van der Waals surface area contributed by atoms with E-state index in [2.05, 4.69) is 5.32 Å². The molecule has 5 nitrogen and oxygen atoms in total. The second-order valence-electron chi connectivity index (χ2n) is 4.91. The third kappa shape index (κ3) is 3.55. The number of anilines is 1. The van der Waals surface area contributed by atoms with Gasteiger partial charge in [0.05, 0.1) is 17.8 Å². The normalized spacial score (nSPS) is 18.8. The van der Waals surface area contributed by atoms with Gasteiger partial charge < -0.3 is 20.1 Å². The number of aliphatic hydroxyl groups is 1. The summed E-state index contributed by atoms with van der Waals surface area (Å²) in [5.41, 5.74) is 0.559. The number of piperidine rings is 1. The Labute approximate surface area is 123 Å². The average molecular weight is 299 g/mol. The number of aliphatic hydroxyl groups excluding tert-OH is 1. The van der Waals surface area contributed by atoms with Crippen LogP contribution in [0.25, 0.3) is 0 Å². The molecule has 6 heteroatoms. The van der Waals surface area contributed by atoms with Crippen LogP contribution >= 0.6 is 11.6 Å². The van der Waals surface area contributed by atoms with Crippen LogP contribution in [0.2, 0.25) is 5.02 Å². The summed E-state index contributed by atoms with van der Waals surface area (Å²) in [5, 5.41) is 12.4. The molecule has 2 N–H and O–H groups in total. The number of urea groups is 1. The molecule has 1 fully saturated rings. The molecule has 1 aromatic carbocycles. The molecule has 1 aliphatic heterocycles. The van der Waals surface area contributed by atoms with Crippen LogP contribution < -0.4 is 10.1 Å². The Kier molecular flexibility index (Phi) is 5.09. The Hall–Kier alpha value is -1.46. The molecule has 0 bridgehead atoms. The minimum Gasteiger partial charge on any atom is -0.497 e. The van der Waals surface area contributed by atoms with Crippen molar-refractivity contribution in [2.75, 3.05) is 32.1 Å². The Morgan fingerprint density at radius 3 is 3.05 bits per heavy atom. The quantitative estimate of drug-likeness (QED) is 0.901. The van der Waals surface area contributed by atoms with E-state index in [4.69, 9.17) is 16.3 Å². The molecule has 1 unspecified atom stereocenters. The summed E-state index contributed by atoms with van der Waals surface area (Å²) in [6, 6.07) is 4.93. The fraction of sp³-hybridized carbons (Fsp3) is 0.500. The van der Waals surface area contributed by atoms with Crippen molar-refractivity contribution in [1.82, 2.24) is 4.90 Å². The first-order chi connectivity index (χ1) is 9.63. The summed E-state index contributed by atoms with van der Waals surface area (Å²) < 4.78 is 5.06. The van der Waals surface area contributed by atoms with Crippen molar-refractivity contribution in [3.8, 4) is 5.75 Å². The van der Waals surface area contributed by atoms with E-state index < -0.39 is 0 Å². The molecule has 0 aliphatic carbocycles. The topological polar surface area (TPSA) is 61.8 Å². The smallest absolute Gasteiger partial charge is 0.321 e. The lowest BCUT2D eigenvalue weighted by atomic mass is 9.99. The number of rotatable bonds is 3. The van der Waals surface area contributed by atoms with Crippen LogP contribution in [-0.4, -0.2) is 42.8 Å². The van der Waals surface area contributed by atoms with Crippen molar-refractivity contribution in [3.05, 3.63) is 23.2 Å². The van der Waals surface area contributed by atoms with Crippen molar-refractivity contribution >= 4 is 23.3 Å². The summed E-state index contributed by atoms with van der Waals surface area (Å²) in [4.78, 5) is 13.9. The molecule has 1 atom stereocenters. The van der Waals surface area contributed by atoms with Crippen molar-refractivity contribution in [3.63, 3.8) is 0 Å². The zero-order chi connectivity index (χ0) is 14.5. The molecular weight excluding hydrogens is 280 g/mol. The number of amides is 2. The van der Waals surface area contributed by atoms with Crippen LogP contribution in [0.4, 0.5) is 10.5 Å². The van der Waals surface area contributed by atoms with Crippen LogP contribution in [0.1, 0.15) is 12.8 Å².